The number of unbranched alkanes of at least 4 members (excludes halogenated alkanes) is 2. The van der Waals surface area contributed by atoms with Crippen molar-refractivity contribution in [1.29, 1.82) is 0 Å². The minimum absolute atomic E-state index is 0.0453. The van der Waals surface area contributed by atoms with Crippen molar-refractivity contribution < 1.29 is 9.59 Å². The van der Waals surface area contributed by atoms with E-state index in [0.717, 1.165) is 23.4 Å². The standard InChI is InChI=1S/C17H24N2O2S/c1-3-4-5-8-12(2)18-16(20)11-15-17(21)19-13-9-6-7-10-14(13)22-15/h6-7,9-10,12,15H,3-5,8,11H2,1-2H3,(H,18,20)(H,19,21). The molecule has 2 atom stereocenters. The molecule has 1 aliphatic heterocycles. The molecular weight excluding hydrogens is 296 g/mol. The quantitative estimate of drug-likeness (QED) is 0.755. The highest BCUT2D eigenvalue weighted by molar-refractivity contribution is 8.01. The molecule has 0 saturated carbocycles. The molecule has 2 rings (SSSR count). The van der Waals surface area contributed by atoms with E-state index in [2.05, 4.69) is 17.6 Å². The molecule has 1 aliphatic rings. The van der Waals surface area contributed by atoms with Crippen LogP contribution in [0.1, 0.15) is 46.0 Å². The summed E-state index contributed by atoms with van der Waals surface area (Å²) in [5.41, 5.74) is 0.835. The van der Waals surface area contributed by atoms with E-state index >= 15 is 0 Å². The molecule has 0 fully saturated rings. The predicted molar refractivity (Wildman–Crippen MR) is 91.1 cm³/mol. The average Bonchev–Trinajstić information content (AvgIpc) is 2.48. The Kier molecular flexibility index (Phi) is 6.31. The van der Waals surface area contributed by atoms with Gasteiger partial charge in [-0.1, -0.05) is 38.3 Å². The first-order valence-corrected chi connectivity index (χ1v) is 8.84. The van der Waals surface area contributed by atoms with E-state index < -0.39 is 0 Å². The Balaban J connectivity index is 1.83. The van der Waals surface area contributed by atoms with E-state index in [1.807, 2.05) is 31.2 Å². The Morgan fingerprint density at radius 2 is 2.14 bits per heavy atom. The second-order valence-corrected chi connectivity index (χ2v) is 7.00. The van der Waals surface area contributed by atoms with E-state index in [4.69, 9.17) is 0 Å². The Morgan fingerprint density at radius 3 is 2.91 bits per heavy atom. The van der Waals surface area contributed by atoms with E-state index in [-0.39, 0.29) is 29.5 Å². The fourth-order valence-electron chi connectivity index (χ4n) is 2.50. The molecule has 0 saturated heterocycles. The Labute approximate surface area is 136 Å². The number of benzene rings is 1. The van der Waals surface area contributed by atoms with Crippen LogP contribution in [-0.2, 0) is 9.59 Å². The zero-order valence-corrected chi connectivity index (χ0v) is 14.0. The monoisotopic (exact) mass is 320 g/mol. The lowest BCUT2D eigenvalue weighted by atomic mass is 10.1. The summed E-state index contributed by atoms with van der Waals surface area (Å²) in [6, 6.07) is 7.85. The molecule has 2 unspecified atom stereocenters. The van der Waals surface area contributed by atoms with Crippen molar-refractivity contribution in [3.63, 3.8) is 0 Å². The summed E-state index contributed by atoms with van der Waals surface area (Å²) in [6.45, 7) is 4.19. The Hall–Kier alpha value is -1.49. The van der Waals surface area contributed by atoms with Crippen LogP contribution in [0.15, 0.2) is 29.2 Å². The Bertz CT molecular complexity index is 533. The van der Waals surface area contributed by atoms with Crippen molar-refractivity contribution in [1.82, 2.24) is 5.32 Å². The number of anilines is 1. The third kappa shape index (κ3) is 4.77. The second kappa shape index (κ2) is 8.22. The highest BCUT2D eigenvalue weighted by Crippen LogP contribution is 2.36. The molecule has 0 spiro atoms. The van der Waals surface area contributed by atoms with Crippen LogP contribution >= 0.6 is 11.8 Å². The van der Waals surface area contributed by atoms with Crippen LogP contribution in [0.3, 0.4) is 0 Å². The molecule has 0 aromatic heterocycles. The smallest absolute Gasteiger partial charge is 0.238 e. The van der Waals surface area contributed by atoms with E-state index in [1.165, 1.54) is 24.6 Å². The van der Waals surface area contributed by atoms with Gasteiger partial charge in [0.25, 0.3) is 0 Å². The van der Waals surface area contributed by atoms with Gasteiger partial charge in [-0.2, -0.15) is 0 Å². The van der Waals surface area contributed by atoms with Crippen molar-refractivity contribution in [2.75, 3.05) is 5.32 Å². The number of para-hydroxylation sites is 1. The zero-order chi connectivity index (χ0) is 15.9. The molecule has 22 heavy (non-hydrogen) atoms. The first-order chi connectivity index (χ1) is 10.6. The van der Waals surface area contributed by atoms with Crippen LogP contribution < -0.4 is 10.6 Å². The molecule has 4 nitrogen and oxygen atoms in total. The van der Waals surface area contributed by atoms with E-state index in [0.29, 0.717) is 0 Å². The molecule has 0 radical (unpaired) electrons. The van der Waals surface area contributed by atoms with Crippen molar-refractivity contribution in [2.24, 2.45) is 0 Å². The summed E-state index contributed by atoms with van der Waals surface area (Å²) in [4.78, 5) is 25.2. The number of hydrogen-bond acceptors (Lipinski definition) is 3. The number of thioether (sulfide) groups is 1. The van der Waals surface area contributed by atoms with Gasteiger partial charge in [-0.15, -0.1) is 11.8 Å². The van der Waals surface area contributed by atoms with Gasteiger partial charge in [0.2, 0.25) is 11.8 Å². The third-order valence-corrected chi connectivity index (χ3v) is 5.00. The summed E-state index contributed by atoms with van der Waals surface area (Å²) in [7, 11) is 0. The molecule has 2 N–H and O–H groups in total. The first-order valence-electron chi connectivity index (χ1n) is 7.96. The molecule has 1 heterocycles. The molecule has 2 amide bonds. The fourth-order valence-corrected chi connectivity index (χ4v) is 3.61. The third-order valence-electron chi connectivity index (χ3n) is 3.73. The maximum absolute atomic E-state index is 12.1. The van der Waals surface area contributed by atoms with Gasteiger partial charge in [-0.3, -0.25) is 9.59 Å². The highest BCUT2D eigenvalue weighted by atomic mass is 32.2. The summed E-state index contributed by atoms with van der Waals surface area (Å²) in [5.74, 6) is -0.131. The van der Waals surface area contributed by atoms with Crippen molar-refractivity contribution in [3.05, 3.63) is 24.3 Å². The lowest BCUT2D eigenvalue weighted by Crippen LogP contribution is -2.38. The van der Waals surface area contributed by atoms with Gasteiger partial charge in [0.05, 0.1) is 10.9 Å². The van der Waals surface area contributed by atoms with E-state index in [9.17, 15) is 9.59 Å². The van der Waals surface area contributed by atoms with Crippen molar-refractivity contribution >= 4 is 29.3 Å². The molecule has 1 aromatic carbocycles. The van der Waals surface area contributed by atoms with Gasteiger partial charge in [0.1, 0.15) is 0 Å². The number of hydrogen-bond donors (Lipinski definition) is 2. The number of rotatable bonds is 7. The molecule has 1 aromatic rings. The SMILES string of the molecule is CCCCCC(C)NC(=O)CC1Sc2ccccc2NC1=O. The van der Waals surface area contributed by atoms with Crippen molar-refractivity contribution in [3.8, 4) is 0 Å². The van der Waals surface area contributed by atoms with Crippen LogP contribution in [0.5, 0.6) is 0 Å². The zero-order valence-electron chi connectivity index (χ0n) is 13.2. The molecule has 0 bridgehead atoms. The molecule has 5 heteroatoms. The number of amides is 2. The molecule has 120 valence electrons. The number of carbonyl (C=O) groups is 2. The van der Waals surface area contributed by atoms with Gasteiger partial charge >= 0.3 is 0 Å². The van der Waals surface area contributed by atoms with E-state index in [1.54, 1.807) is 0 Å². The summed E-state index contributed by atoms with van der Waals surface area (Å²) in [5, 5.41) is 5.52. The molecular formula is C17H24N2O2S. The summed E-state index contributed by atoms with van der Waals surface area (Å²) < 4.78 is 0. The van der Waals surface area contributed by atoms with Gasteiger partial charge in [0.15, 0.2) is 0 Å². The predicted octanol–water partition coefficient (Wildman–Crippen LogP) is 3.57. The van der Waals surface area contributed by atoms with Crippen molar-refractivity contribution in [2.45, 2.75) is 62.1 Å². The van der Waals surface area contributed by atoms with Crippen LogP contribution in [0.25, 0.3) is 0 Å². The van der Waals surface area contributed by atoms with Crippen LogP contribution in [0.4, 0.5) is 5.69 Å². The highest BCUT2D eigenvalue weighted by Gasteiger charge is 2.28. The summed E-state index contributed by atoms with van der Waals surface area (Å²) >= 11 is 1.47. The maximum Gasteiger partial charge on any atom is 0.238 e. The van der Waals surface area contributed by atoms with Crippen LogP contribution in [0, 0.1) is 0 Å². The fraction of sp³-hybridized carbons (Fsp3) is 0.529. The largest absolute Gasteiger partial charge is 0.354 e. The van der Waals surface area contributed by atoms with Gasteiger partial charge in [0, 0.05) is 17.4 Å². The topological polar surface area (TPSA) is 58.2 Å². The summed E-state index contributed by atoms with van der Waals surface area (Å²) in [6.07, 6.45) is 4.72. The lowest BCUT2D eigenvalue weighted by molar-refractivity contribution is -0.124. The average molecular weight is 320 g/mol. The number of fused-ring (bicyclic) bond motifs is 1. The lowest BCUT2D eigenvalue weighted by Gasteiger charge is -2.24. The minimum atomic E-state index is -0.349. The van der Waals surface area contributed by atoms with Crippen LogP contribution in [-0.4, -0.2) is 23.1 Å². The second-order valence-electron chi connectivity index (χ2n) is 5.76. The normalized spacial score (nSPS) is 18.3. The number of nitrogens with one attached hydrogen (secondary N) is 2. The Morgan fingerprint density at radius 1 is 1.36 bits per heavy atom. The maximum atomic E-state index is 12.1. The number of carbonyl (C=O) groups excluding carboxylic acids is 2. The van der Waals surface area contributed by atoms with Gasteiger partial charge in [-0.25, -0.2) is 0 Å². The van der Waals surface area contributed by atoms with Gasteiger partial charge in [-0.05, 0) is 25.5 Å². The molecule has 0 aliphatic carbocycles. The van der Waals surface area contributed by atoms with Gasteiger partial charge < -0.3 is 10.6 Å². The minimum Gasteiger partial charge on any atom is -0.354 e. The first kappa shape index (κ1) is 16.9. The van der Waals surface area contributed by atoms with Crippen LogP contribution in [0.2, 0.25) is 0 Å².